The summed E-state index contributed by atoms with van der Waals surface area (Å²) in [7, 11) is 0. The van der Waals surface area contributed by atoms with Crippen molar-refractivity contribution >= 4 is 0 Å². The van der Waals surface area contributed by atoms with E-state index >= 15 is 0 Å². The molecule has 2 rings (SSSR count). The lowest BCUT2D eigenvalue weighted by Gasteiger charge is -2.23. The zero-order valence-electron chi connectivity index (χ0n) is 10.0. The van der Waals surface area contributed by atoms with Gasteiger partial charge in [0.05, 0.1) is 13.2 Å². The number of nitrogens with zero attached hydrogens (tertiary/aromatic N) is 1. The number of nitrogens with one attached hydrogen (secondary N) is 1. The Balaban J connectivity index is 1.83. The second-order valence-electron chi connectivity index (χ2n) is 3.76. The van der Waals surface area contributed by atoms with Crippen LogP contribution < -0.4 is 14.8 Å². The molecule has 1 atom stereocenters. The highest BCUT2D eigenvalue weighted by Gasteiger charge is 2.14. The summed E-state index contributed by atoms with van der Waals surface area (Å²) in [6.45, 7) is 5.51. The van der Waals surface area contributed by atoms with Gasteiger partial charge in [0.2, 0.25) is 11.8 Å². The van der Waals surface area contributed by atoms with Crippen molar-refractivity contribution in [2.75, 3.05) is 32.9 Å². The van der Waals surface area contributed by atoms with Crippen molar-refractivity contribution in [3.05, 3.63) is 18.2 Å². The maximum absolute atomic E-state index is 5.58. The summed E-state index contributed by atoms with van der Waals surface area (Å²) < 4.78 is 16.4. The van der Waals surface area contributed by atoms with Gasteiger partial charge in [0, 0.05) is 25.2 Å². The van der Waals surface area contributed by atoms with Crippen LogP contribution in [-0.2, 0) is 4.74 Å². The minimum Gasteiger partial charge on any atom is -0.478 e. The summed E-state index contributed by atoms with van der Waals surface area (Å²) in [6, 6.07) is 5.50. The van der Waals surface area contributed by atoms with Gasteiger partial charge >= 0.3 is 0 Å². The molecule has 0 amide bonds. The summed E-state index contributed by atoms with van der Waals surface area (Å²) in [6.07, 6.45) is 0.0984. The molecule has 5 heteroatoms. The molecular formula is C12H18N2O3. The van der Waals surface area contributed by atoms with Crippen molar-refractivity contribution in [2.24, 2.45) is 0 Å². The van der Waals surface area contributed by atoms with E-state index in [1.807, 2.05) is 25.1 Å². The number of pyridine rings is 1. The molecule has 0 saturated carbocycles. The van der Waals surface area contributed by atoms with Crippen LogP contribution in [0.15, 0.2) is 18.2 Å². The molecule has 1 saturated heterocycles. The van der Waals surface area contributed by atoms with Gasteiger partial charge in [-0.25, -0.2) is 0 Å². The van der Waals surface area contributed by atoms with Gasteiger partial charge in [-0.2, -0.15) is 4.98 Å². The Labute approximate surface area is 101 Å². The number of morpholine rings is 1. The SMILES string of the molecule is CCOc1cccc(OCC2CNCCO2)n1. The first-order valence-electron chi connectivity index (χ1n) is 5.93. The van der Waals surface area contributed by atoms with Crippen molar-refractivity contribution < 1.29 is 14.2 Å². The highest BCUT2D eigenvalue weighted by Crippen LogP contribution is 2.13. The quantitative estimate of drug-likeness (QED) is 0.824. The minimum atomic E-state index is 0.0984. The molecule has 1 aromatic rings. The molecule has 1 aromatic heterocycles. The maximum atomic E-state index is 5.58. The summed E-state index contributed by atoms with van der Waals surface area (Å²) in [5.74, 6) is 1.16. The van der Waals surface area contributed by atoms with Crippen LogP contribution >= 0.6 is 0 Å². The second kappa shape index (κ2) is 6.42. The lowest BCUT2D eigenvalue weighted by atomic mass is 10.3. The third-order valence-electron chi connectivity index (χ3n) is 2.41. The molecule has 0 radical (unpaired) electrons. The molecule has 0 bridgehead atoms. The van der Waals surface area contributed by atoms with E-state index in [-0.39, 0.29) is 6.10 Å². The molecule has 0 aliphatic carbocycles. The lowest BCUT2D eigenvalue weighted by Crippen LogP contribution is -2.41. The molecule has 1 aliphatic heterocycles. The molecular weight excluding hydrogens is 220 g/mol. The van der Waals surface area contributed by atoms with Gasteiger partial charge in [-0.1, -0.05) is 6.07 Å². The van der Waals surface area contributed by atoms with Gasteiger partial charge in [-0.05, 0) is 6.92 Å². The Kier molecular flexibility index (Phi) is 4.58. The summed E-state index contributed by atoms with van der Waals surface area (Å²) in [4.78, 5) is 4.23. The first kappa shape index (κ1) is 12.1. The van der Waals surface area contributed by atoms with Crippen LogP contribution in [0.25, 0.3) is 0 Å². The van der Waals surface area contributed by atoms with Crippen LogP contribution in [-0.4, -0.2) is 44.0 Å². The first-order chi connectivity index (χ1) is 8.38. The number of rotatable bonds is 5. The summed E-state index contributed by atoms with van der Waals surface area (Å²) in [5, 5.41) is 3.25. The Morgan fingerprint density at radius 2 is 2.24 bits per heavy atom. The lowest BCUT2D eigenvalue weighted by molar-refractivity contribution is -0.000856. The van der Waals surface area contributed by atoms with Crippen LogP contribution in [0, 0.1) is 0 Å². The largest absolute Gasteiger partial charge is 0.478 e. The van der Waals surface area contributed by atoms with E-state index in [1.54, 1.807) is 0 Å². The number of hydrogen-bond acceptors (Lipinski definition) is 5. The minimum absolute atomic E-state index is 0.0984. The predicted molar refractivity (Wildman–Crippen MR) is 63.5 cm³/mol. The third kappa shape index (κ3) is 3.87. The Hall–Kier alpha value is -1.33. The standard InChI is InChI=1S/C12H18N2O3/c1-2-15-11-4-3-5-12(14-11)17-9-10-8-13-6-7-16-10/h3-5,10,13H,2,6-9H2,1H3. The summed E-state index contributed by atoms with van der Waals surface area (Å²) >= 11 is 0. The number of ether oxygens (including phenoxy) is 3. The van der Waals surface area contributed by atoms with E-state index < -0.39 is 0 Å². The molecule has 0 aromatic carbocycles. The van der Waals surface area contributed by atoms with E-state index in [1.165, 1.54) is 0 Å². The normalized spacial score (nSPS) is 19.9. The van der Waals surface area contributed by atoms with Crippen LogP contribution in [0.2, 0.25) is 0 Å². The molecule has 1 aliphatic rings. The average molecular weight is 238 g/mol. The van der Waals surface area contributed by atoms with E-state index in [9.17, 15) is 0 Å². The van der Waals surface area contributed by atoms with Gasteiger partial charge in [-0.15, -0.1) is 0 Å². The molecule has 1 unspecified atom stereocenters. The van der Waals surface area contributed by atoms with Crippen molar-refractivity contribution in [1.29, 1.82) is 0 Å². The van der Waals surface area contributed by atoms with Gasteiger partial charge < -0.3 is 19.5 Å². The molecule has 94 valence electrons. The number of hydrogen-bond donors (Lipinski definition) is 1. The Morgan fingerprint density at radius 3 is 2.94 bits per heavy atom. The van der Waals surface area contributed by atoms with Crippen LogP contribution in [0.1, 0.15) is 6.92 Å². The molecule has 17 heavy (non-hydrogen) atoms. The van der Waals surface area contributed by atoms with Crippen LogP contribution in [0.5, 0.6) is 11.8 Å². The smallest absolute Gasteiger partial charge is 0.216 e. The van der Waals surface area contributed by atoms with Gasteiger partial charge in [-0.3, -0.25) is 0 Å². The van der Waals surface area contributed by atoms with Crippen molar-refractivity contribution in [1.82, 2.24) is 10.3 Å². The topological polar surface area (TPSA) is 52.6 Å². The van der Waals surface area contributed by atoms with Gasteiger partial charge in [0.25, 0.3) is 0 Å². The van der Waals surface area contributed by atoms with Gasteiger partial charge in [0.1, 0.15) is 12.7 Å². The Bertz CT molecular complexity index is 340. The summed E-state index contributed by atoms with van der Waals surface area (Å²) in [5.41, 5.74) is 0. The fraction of sp³-hybridized carbons (Fsp3) is 0.583. The van der Waals surface area contributed by atoms with Crippen molar-refractivity contribution in [3.8, 4) is 11.8 Å². The van der Waals surface area contributed by atoms with E-state index in [0.717, 1.165) is 19.7 Å². The van der Waals surface area contributed by atoms with Crippen LogP contribution in [0.4, 0.5) is 0 Å². The average Bonchev–Trinajstić information content (AvgIpc) is 2.39. The Morgan fingerprint density at radius 1 is 1.41 bits per heavy atom. The number of aromatic nitrogens is 1. The molecule has 1 fully saturated rings. The van der Waals surface area contributed by atoms with Crippen LogP contribution in [0.3, 0.4) is 0 Å². The fourth-order valence-corrected chi connectivity index (χ4v) is 1.61. The van der Waals surface area contributed by atoms with E-state index in [2.05, 4.69) is 10.3 Å². The van der Waals surface area contributed by atoms with Crippen molar-refractivity contribution in [2.45, 2.75) is 13.0 Å². The zero-order chi connectivity index (χ0) is 11.9. The van der Waals surface area contributed by atoms with Crippen molar-refractivity contribution in [3.63, 3.8) is 0 Å². The molecule has 5 nitrogen and oxygen atoms in total. The van der Waals surface area contributed by atoms with E-state index in [0.29, 0.717) is 25.0 Å². The maximum Gasteiger partial charge on any atom is 0.216 e. The second-order valence-corrected chi connectivity index (χ2v) is 3.76. The third-order valence-corrected chi connectivity index (χ3v) is 2.41. The zero-order valence-corrected chi connectivity index (χ0v) is 10.0. The highest BCUT2D eigenvalue weighted by molar-refractivity contribution is 5.19. The van der Waals surface area contributed by atoms with Gasteiger partial charge in [0.15, 0.2) is 0 Å². The fourth-order valence-electron chi connectivity index (χ4n) is 1.61. The monoisotopic (exact) mass is 238 g/mol. The predicted octanol–water partition coefficient (Wildman–Crippen LogP) is 0.847. The first-order valence-corrected chi connectivity index (χ1v) is 5.93. The molecule has 0 spiro atoms. The van der Waals surface area contributed by atoms with E-state index in [4.69, 9.17) is 14.2 Å². The molecule has 1 N–H and O–H groups in total. The molecule has 2 heterocycles. The highest BCUT2D eigenvalue weighted by atomic mass is 16.5.